The number of nitriles is 1. The summed E-state index contributed by atoms with van der Waals surface area (Å²) < 4.78 is 19.5. The summed E-state index contributed by atoms with van der Waals surface area (Å²) in [6.45, 7) is -0.0972. The molecule has 0 aliphatic rings. The van der Waals surface area contributed by atoms with Gasteiger partial charge >= 0.3 is 0 Å². The van der Waals surface area contributed by atoms with Gasteiger partial charge in [0.25, 0.3) is 5.56 Å². The molecular formula is C21H17FN4O3. The molecule has 29 heavy (non-hydrogen) atoms. The molecule has 3 aromatic rings. The quantitative estimate of drug-likeness (QED) is 0.694. The van der Waals surface area contributed by atoms with E-state index in [9.17, 15) is 14.0 Å². The first-order chi connectivity index (χ1) is 14.0. The molecule has 0 aliphatic heterocycles. The minimum Gasteiger partial charge on any atom is -0.497 e. The van der Waals surface area contributed by atoms with Crippen LogP contribution < -0.4 is 15.6 Å². The molecule has 7 nitrogen and oxygen atoms in total. The summed E-state index contributed by atoms with van der Waals surface area (Å²) in [6.07, 6.45) is 1.14. The lowest BCUT2D eigenvalue weighted by Crippen LogP contribution is -2.34. The van der Waals surface area contributed by atoms with Crippen LogP contribution in [-0.2, 0) is 17.9 Å². The number of methoxy groups -OCH3 is 1. The molecule has 1 amide bonds. The molecule has 8 heteroatoms. The summed E-state index contributed by atoms with van der Waals surface area (Å²) in [7, 11) is 1.55. The molecule has 0 bridgehead atoms. The number of hydrogen-bond donors (Lipinski definition) is 1. The van der Waals surface area contributed by atoms with Crippen LogP contribution in [0.2, 0.25) is 0 Å². The predicted molar refractivity (Wildman–Crippen MR) is 103 cm³/mol. The van der Waals surface area contributed by atoms with Gasteiger partial charge in [-0.15, -0.1) is 0 Å². The van der Waals surface area contributed by atoms with Crippen molar-refractivity contribution >= 4 is 5.91 Å². The van der Waals surface area contributed by atoms with Crippen molar-refractivity contribution in [3.05, 3.63) is 82.0 Å². The van der Waals surface area contributed by atoms with Crippen LogP contribution in [0.5, 0.6) is 5.75 Å². The molecule has 0 saturated carbocycles. The van der Waals surface area contributed by atoms with E-state index in [0.29, 0.717) is 11.3 Å². The van der Waals surface area contributed by atoms with Gasteiger partial charge in [0.15, 0.2) is 0 Å². The largest absolute Gasteiger partial charge is 0.497 e. The van der Waals surface area contributed by atoms with Gasteiger partial charge in [0.1, 0.15) is 35.6 Å². The van der Waals surface area contributed by atoms with Crippen LogP contribution in [0.25, 0.3) is 11.4 Å². The van der Waals surface area contributed by atoms with E-state index in [1.165, 1.54) is 24.3 Å². The van der Waals surface area contributed by atoms with E-state index in [2.05, 4.69) is 10.3 Å². The third kappa shape index (κ3) is 4.65. The van der Waals surface area contributed by atoms with Crippen LogP contribution >= 0.6 is 0 Å². The van der Waals surface area contributed by atoms with Gasteiger partial charge in [0.05, 0.1) is 13.3 Å². The third-order valence-corrected chi connectivity index (χ3v) is 4.20. The first kappa shape index (κ1) is 19.8. The highest BCUT2D eigenvalue weighted by atomic mass is 19.1. The SMILES string of the molecule is COc1cccc(CNC(=O)Cn2c(-c3ccc(F)cc3)ncc(C#N)c2=O)c1. The number of benzene rings is 2. The molecule has 0 fully saturated rings. The average Bonchev–Trinajstić information content (AvgIpc) is 2.74. The van der Waals surface area contributed by atoms with Crippen LogP contribution in [0.3, 0.4) is 0 Å². The Morgan fingerprint density at radius 3 is 2.72 bits per heavy atom. The van der Waals surface area contributed by atoms with Gasteiger partial charge in [-0.05, 0) is 42.0 Å². The van der Waals surface area contributed by atoms with E-state index in [0.717, 1.165) is 16.3 Å². The van der Waals surface area contributed by atoms with E-state index in [1.54, 1.807) is 31.4 Å². The maximum atomic E-state index is 13.2. The zero-order chi connectivity index (χ0) is 20.8. The van der Waals surface area contributed by atoms with E-state index in [1.807, 2.05) is 6.07 Å². The van der Waals surface area contributed by atoms with Crippen molar-refractivity contribution in [2.45, 2.75) is 13.1 Å². The number of amides is 1. The number of ether oxygens (including phenoxy) is 1. The van der Waals surface area contributed by atoms with Gasteiger partial charge in [-0.25, -0.2) is 9.37 Å². The summed E-state index contributed by atoms with van der Waals surface area (Å²) in [6, 6.07) is 14.3. The standard InChI is InChI=1S/C21H17FN4O3/c1-29-18-4-2-3-14(9-18)11-24-19(27)13-26-20(15-5-7-17(22)8-6-15)25-12-16(10-23)21(26)28/h2-9,12H,11,13H2,1H3,(H,24,27). The van der Waals surface area contributed by atoms with E-state index < -0.39 is 17.3 Å². The Bertz CT molecular complexity index is 1130. The van der Waals surface area contributed by atoms with E-state index >= 15 is 0 Å². The van der Waals surface area contributed by atoms with Crippen molar-refractivity contribution in [3.8, 4) is 23.2 Å². The smallest absolute Gasteiger partial charge is 0.272 e. The highest BCUT2D eigenvalue weighted by Gasteiger charge is 2.15. The molecule has 146 valence electrons. The maximum Gasteiger partial charge on any atom is 0.272 e. The Morgan fingerprint density at radius 1 is 1.28 bits per heavy atom. The molecule has 2 aromatic carbocycles. The fraction of sp³-hybridized carbons (Fsp3) is 0.143. The van der Waals surface area contributed by atoms with Gasteiger partial charge in [0.2, 0.25) is 5.91 Å². The Balaban J connectivity index is 1.84. The summed E-state index contributed by atoms with van der Waals surface area (Å²) in [5.74, 6) is -0.0366. The van der Waals surface area contributed by atoms with Crippen LogP contribution in [0.1, 0.15) is 11.1 Å². The minimum atomic E-state index is -0.640. The number of nitrogens with zero attached hydrogens (tertiary/aromatic N) is 3. The fourth-order valence-corrected chi connectivity index (χ4v) is 2.73. The molecule has 1 heterocycles. The molecule has 0 spiro atoms. The molecule has 0 unspecified atom stereocenters. The van der Waals surface area contributed by atoms with Crippen LogP contribution in [0.4, 0.5) is 4.39 Å². The number of halogens is 1. The summed E-state index contributed by atoms with van der Waals surface area (Å²) >= 11 is 0. The topological polar surface area (TPSA) is 97.0 Å². The first-order valence-corrected chi connectivity index (χ1v) is 8.67. The number of rotatable bonds is 6. The third-order valence-electron chi connectivity index (χ3n) is 4.20. The Kier molecular flexibility index (Phi) is 6.00. The van der Waals surface area contributed by atoms with Crippen LogP contribution in [0.15, 0.2) is 59.5 Å². The number of hydrogen-bond acceptors (Lipinski definition) is 5. The van der Waals surface area contributed by atoms with E-state index in [4.69, 9.17) is 10.00 Å². The second kappa shape index (κ2) is 8.80. The van der Waals surface area contributed by atoms with Gasteiger partial charge < -0.3 is 10.1 Å². The first-order valence-electron chi connectivity index (χ1n) is 8.67. The van der Waals surface area contributed by atoms with Crippen molar-refractivity contribution in [3.63, 3.8) is 0 Å². The summed E-state index contributed by atoms with van der Waals surface area (Å²) in [5, 5.41) is 11.8. The Hall–Kier alpha value is -3.99. The van der Waals surface area contributed by atoms with Gasteiger partial charge in [-0.1, -0.05) is 12.1 Å². The zero-order valence-electron chi connectivity index (χ0n) is 15.6. The number of aromatic nitrogens is 2. The monoisotopic (exact) mass is 392 g/mol. The molecule has 3 rings (SSSR count). The molecule has 0 atom stereocenters. The molecule has 0 saturated heterocycles. The average molecular weight is 392 g/mol. The van der Waals surface area contributed by atoms with Crippen molar-refractivity contribution in [2.24, 2.45) is 0 Å². The normalized spacial score (nSPS) is 10.2. The highest BCUT2D eigenvalue weighted by molar-refractivity contribution is 5.76. The van der Waals surface area contributed by atoms with Gasteiger partial charge in [-0.2, -0.15) is 5.26 Å². The molecule has 0 radical (unpaired) electrons. The summed E-state index contributed by atoms with van der Waals surface area (Å²) in [4.78, 5) is 29.2. The van der Waals surface area contributed by atoms with Crippen LogP contribution in [0, 0.1) is 17.1 Å². The molecular weight excluding hydrogens is 375 g/mol. The van der Waals surface area contributed by atoms with E-state index in [-0.39, 0.29) is 24.5 Å². The van der Waals surface area contributed by atoms with Gasteiger partial charge in [0, 0.05) is 12.1 Å². The predicted octanol–water partition coefficient (Wildman–Crippen LogP) is 2.25. The Morgan fingerprint density at radius 2 is 2.03 bits per heavy atom. The summed E-state index contributed by atoms with van der Waals surface area (Å²) in [5.41, 5.74) is 0.455. The number of nitrogens with one attached hydrogen (secondary N) is 1. The fourth-order valence-electron chi connectivity index (χ4n) is 2.73. The van der Waals surface area contributed by atoms with Crippen molar-refractivity contribution in [1.82, 2.24) is 14.9 Å². The van der Waals surface area contributed by atoms with Crippen molar-refractivity contribution in [2.75, 3.05) is 7.11 Å². The maximum absolute atomic E-state index is 13.2. The minimum absolute atomic E-state index is 0.172. The lowest BCUT2D eigenvalue weighted by Gasteiger charge is -2.13. The molecule has 0 aliphatic carbocycles. The number of carbonyl (C=O) groups is 1. The van der Waals surface area contributed by atoms with Crippen molar-refractivity contribution < 1.29 is 13.9 Å². The lowest BCUT2D eigenvalue weighted by atomic mass is 10.2. The lowest BCUT2D eigenvalue weighted by molar-refractivity contribution is -0.121. The highest BCUT2D eigenvalue weighted by Crippen LogP contribution is 2.16. The second-order valence-electron chi connectivity index (χ2n) is 6.13. The zero-order valence-corrected chi connectivity index (χ0v) is 15.6. The molecule has 1 aromatic heterocycles. The second-order valence-corrected chi connectivity index (χ2v) is 6.13. The van der Waals surface area contributed by atoms with Crippen molar-refractivity contribution in [1.29, 1.82) is 5.26 Å². The Labute approximate surface area is 166 Å². The van der Waals surface area contributed by atoms with Gasteiger partial charge in [-0.3, -0.25) is 14.2 Å². The van der Waals surface area contributed by atoms with Crippen LogP contribution in [-0.4, -0.2) is 22.6 Å². The number of carbonyl (C=O) groups excluding carboxylic acids is 1. The molecule has 1 N–H and O–H groups in total.